The lowest BCUT2D eigenvalue weighted by atomic mass is 9.84. The lowest BCUT2D eigenvalue weighted by molar-refractivity contribution is 0.0243. The molecule has 112 valence electrons. The van der Waals surface area contributed by atoms with Crippen LogP contribution in [0.2, 0.25) is 0 Å². The monoisotopic (exact) mass is 291 g/mol. The van der Waals surface area contributed by atoms with Crippen LogP contribution in [0.15, 0.2) is 28.8 Å². The molecule has 1 atom stereocenters. The van der Waals surface area contributed by atoms with E-state index in [1.165, 1.54) is 12.1 Å². The highest BCUT2D eigenvalue weighted by atomic mass is 19.1. The third kappa shape index (κ3) is 2.45. The summed E-state index contributed by atoms with van der Waals surface area (Å²) in [6, 6.07) is 6.23. The van der Waals surface area contributed by atoms with Gasteiger partial charge in [-0.1, -0.05) is 17.3 Å². The number of benzene rings is 1. The molecule has 1 unspecified atom stereocenters. The molecule has 0 saturated carbocycles. The topological polar surface area (TPSA) is 71.2 Å². The Hall–Kier alpha value is -1.79. The van der Waals surface area contributed by atoms with Crippen molar-refractivity contribution in [1.82, 2.24) is 15.5 Å². The minimum absolute atomic E-state index is 0.234. The predicted molar refractivity (Wildman–Crippen MR) is 74.2 cm³/mol. The van der Waals surface area contributed by atoms with Crippen molar-refractivity contribution < 1.29 is 14.0 Å². The fourth-order valence-electron chi connectivity index (χ4n) is 2.52. The van der Waals surface area contributed by atoms with E-state index in [0.717, 1.165) is 12.1 Å². The molecule has 2 heterocycles. The Morgan fingerprint density at radius 2 is 2.05 bits per heavy atom. The van der Waals surface area contributed by atoms with Gasteiger partial charge < -0.3 is 14.9 Å². The summed E-state index contributed by atoms with van der Waals surface area (Å²) in [5.41, 5.74) is -0.741. The number of aliphatic hydroxyl groups is 1. The highest BCUT2D eigenvalue weighted by Crippen LogP contribution is 2.32. The second-order valence-electron chi connectivity index (χ2n) is 6.01. The van der Waals surface area contributed by atoms with E-state index < -0.39 is 11.0 Å². The van der Waals surface area contributed by atoms with Crippen molar-refractivity contribution in [2.45, 2.75) is 31.3 Å². The highest BCUT2D eigenvalue weighted by Gasteiger charge is 2.40. The fraction of sp³-hybridized carbons (Fsp3) is 0.467. The normalized spacial score (nSPS) is 22.7. The van der Waals surface area contributed by atoms with Crippen LogP contribution in [0, 0.1) is 5.82 Å². The van der Waals surface area contributed by atoms with Gasteiger partial charge in [0.15, 0.2) is 11.4 Å². The number of aromatic nitrogens is 2. The molecule has 6 heteroatoms. The number of halogens is 1. The molecular weight excluding hydrogens is 273 g/mol. The number of nitrogens with one attached hydrogen (secondary N) is 1. The molecule has 2 aromatic rings. The third-order valence-corrected chi connectivity index (χ3v) is 4.08. The maximum Gasteiger partial charge on any atom is 0.260 e. The van der Waals surface area contributed by atoms with Crippen LogP contribution in [0.4, 0.5) is 4.39 Å². The van der Waals surface area contributed by atoms with E-state index in [0.29, 0.717) is 18.8 Å². The van der Waals surface area contributed by atoms with Gasteiger partial charge in [-0.3, -0.25) is 0 Å². The Labute approximate surface area is 122 Å². The fourth-order valence-corrected chi connectivity index (χ4v) is 2.52. The summed E-state index contributed by atoms with van der Waals surface area (Å²) in [5.74, 6) is 0.428. The van der Waals surface area contributed by atoms with Gasteiger partial charge in [-0.2, -0.15) is 4.98 Å². The summed E-state index contributed by atoms with van der Waals surface area (Å²) in [7, 11) is 0. The van der Waals surface area contributed by atoms with Crippen molar-refractivity contribution in [2.75, 3.05) is 13.1 Å². The predicted octanol–water partition coefficient (Wildman–Crippen LogP) is 1.72. The molecular formula is C15H18FN3O2. The van der Waals surface area contributed by atoms with Crippen LogP contribution in [0.25, 0.3) is 0 Å². The van der Waals surface area contributed by atoms with Crippen molar-refractivity contribution in [3.8, 4) is 0 Å². The first-order chi connectivity index (χ1) is 9.92. The largest absolute Gasteiger partial charge is 0.379 e. The van der Waals surface area contributed by atoms with Crippen molar-refractivity contribution in [3.05, 3.63) is 47.4 Å². The van der Waals surface area contributed by atoms with Crippen LogP contribution >= 0.6 is 0 Å². The molecule has 3 rings (SSSR count). The Kier molecular flexibility index (Phi) is 3.30. The molecule has 21 heavy (non-hydrogen) atoms. The summed E-state index contributed by atoms with van der Waals surface area (Å²) in [6.07, 6.45) is 0.547. The quantitative estimate of drug-likeness (QED) is 0.901. The van der Waals surface area contributed by atoms with Gasteiger partial charge in [-0.05, 0) is 44.5 Å². The van der Waals surface area contributed by atoms with Crippen molar-refractivity contribution >= 4 is 0 Å². The molecule has 0 radical (unpaired) electrons. The highest BCUT2D eigenvalue weighted by molar-refractivity contribution is 5.30. The molecule has 1 aliphatic heterocycles. The van der Waals surface area contributed by atoms with Crippen molar-refractivity contribution in [2.24, 2.45) is 0 Å². The van der Waals surface area contributed by atoms with Crippen LogP contribution in [0.3, 0.4) is 0 Å². The van der Waals surface area contributed by atoms with E-state index in [1.807, 2.05) is 13.8 Å². The average Bonchev–Trinajstić information content (AvgIpc) is 3.09. The zero-order valence-electron chi connectivity index (χ0n) is 12.1. The Balaban J connectivity index is 1.93. The zero-order valence-corrected chi connectivity index (χ0v) is 12.1. The summed E-state index contributed by atoms with van der Waals surface area (Å²) in [5, 5.41) is 17.5. The Morgan fingerprint density at radius 1 is 1.33 bits per heavy atom. The first-order valence-electron chi connectivity index (χ1n) is 6.96. The number of hydrogen-bond acceptors (Lipinski definition) is 5. The SMILES string of the molecule is CC(C)(c1ccc(F)cc1)c1noc(C2(O)CCNC2)n1. The van der Waals surface area contributed by atoms with Crippen LogP contribution in [0.1, 0.15) is 37.5 Å². The van der Waals surface area contributed by atoms with Crippen molar-refractivity contribution in [3.63, 3.8) is 0 Å². The van der Waals surface area contributed by atoms with E-state index in [4.69, 9.17) is 4.52 Å². The molecule has 1 aromatic heterocycles. The summed E-state index contributed by atoms with van der Waals surface area (Å²) in [6.45, 7) is 5.00. The first-order valence-corrected chi connectivity index (χ1v) is 6.96. The molecule has 0 spiro atoms. The molecule has 1 aromatic carbocycles. The number of rotatable bonds is 3. The van der Waals surface area contributed by atoms with Crippen LogP contribution in [0.5, 0.6) is 0 Å². The lowest BCUT2D eigenvalue weighted by Crippen LogP contribution is -2.29. The number of β-amino-alcohol motifs (C(OH)–C–C–N with tert-alkyl or cyclic N) is 1. The molecule has 0 bridgehead atoms. The van der Waals surface area contributed by atoms with Gasteiger partial charge in [0.2, 0.25) is 0 Å². The van der Waals surface area contributed by atoms with Gasteiger partial charge in [0, 0.05) is 6.54 Å². The zero-order chi connectivity index (χ0) is 15.1. The van der Waals surface area contributed by atoms with E-state index >= 15 is 0 Å². The van der Waals surface area contributed by atoms with E-state index in [1.54, 1.807) is 12.1 Å². The Bertz CT molecular complexity index is 631. The van der Waals surface area contributed by atoms with Crippen LogP contribution < -0.4 is 5.32 Å². The number of hydrogen-bond donors (Lipinski definition) is 2. The number of nitrogens with zero attached hydrogens (tertiary/aromatic N) is 2. The standard InChI is InChI=1S/C15H18FN3O2/c1-14(2,10-3-5-11(16)6-4-10)12-18-13(21-19-12)15(20)7-8-17-9-15/h3-6,17,20H,7-9H2,1-2H3. The maximum absolute atomic E-state index is 13.0. The minimum atomic E-state index is -1.09. The van der Waals surface area contributed by atoms with E-state index in [2.05, 4.69) is 15.5 Å². The molecule has 0 amide bonds. The molecule has 5 nitrogen and oxygen atoms in total. The van der Waals surface area contributed by atoms with Gasteiger partial charge in [0.1, 0.15) is 5.82 Å². The second-order valence-corrected chi connectivity index (χ2v) is 6.01. The van der Waals surface area contributed by atoms with Crippen LogP contribution in [-0.4, -0.2) is 28.3 Å². The molecule has 1 aliphatic rings. The third-order valence-electron chi connectivity index (χ3n) is 4.08. The average molecular weight is 291 g/mol. The van der Waals surface area contributed by atoms with Gasteiger partial charge in [0.05, 0.1) is 5.41 Å². The van der Waals surface area contributed by atoms with Crippen LogP contribution in [-0.2, 0) is 11.0 Å². The summed E-state index contributed by atoms with van der Waals surface area (Å²) in [4.78, 5) is 4.37. The minimum Gasteiger partial charge on any atom is -0.379 e. The van der Waals surface area contributed by atoms with Crippen molar-refractivity contribution in [1.29, 1.82) is 0 Å². The molecule has 2 N–H and O–H groups in total. The maximum atomic E-state index is 13.0. The van der Waals surface area contributed by atoms with Gasteiger partial charge >= 0.3 is 0 Å². The molecule has 1 fully saturated rings. The van der Waals surface area contributed by atoms with Gasteiger partial charge in [-0.15, -0.1) is 0 Å². The molecule has 0 aliphatic carbocycles. The van der Waals surface area contributed by atoms with Gasteiger partial charge in [0.25, 0.3) is 5.89 Å². The second kappa shape index (κ2) is 4.89. The van der Waals surface area contributed by atoms with Gasteiger partial charge in [-0.25, -0.2) is 4.39 Å². The Morgan fingerprint density at radius 3 is 2.67 bits per heavy atom. The lowest BCUT2D eigenvalue weighted by Gasteiger charge is -2.21. The summed E-state index contributed by atoms with van der Waals surface area (Å²) < 4.78 is 18.3. The smallest absolute Gasteiger partial charge is 0.260 e. The summed E-state index contributed by atoms with van der Waals surface area (Å²) >= 11 is 0. The molecule has 1 saturated heterocycles. The van der Waals surface area contributed by atoms with E-state index in [9.17, 15) is 9.50 Å². The van der Waals surface area contributed by atoms with E-state index in [-0.39, 0.29) is 11.7 Å². The first kappa shape index (κ1) is 14.2.